The number of nitrogens with one attached hydrogen (secondary N) is 1. The summed E-state index contributed by atoms with van der Waals surface area (Å²) in [5.41, 5.74) is 0.149. The van der Waals surface area contributed by atoms with E-state index in [1.807, 2.05) is 0 Å². The van der Waals surface area contributed by atoms with Crippen LogP contribution in [0.25, 0.3) is 12.2 Å². The van der Waals surface area contributed by atoms with Gasteiger partial charge in [-0.2, -0.15) is 16.8 Å². The molecule has 1 fully saturated rings. The maximum absolute atomic E-state index is 12.3. The van der Waals surface area contributed by atoms with Gasteiger partial charge in [0.15, 0.2) is 0 Å². The van der Waals surface area contributed by atoms with Crippen LogP contribution in [-0.2, 0) is 30.6 Å². The van der Waals surface area contributed by atoms with Gasteiger partial charge in [0.05, 0.1) is 10.7 Å². The fourth-order valence-electron chi connectivity index (χ4n) is 4.41. The molecule has 1 aliphatic carbocycles. The molecule has 1 aliphatic rings. The molecule has 0 atom stereocenters. The van der Waals surface area contributed by atoms with Gasteiger partial charge in [-0.25, -0.2) is 4.99 Å². The van der Waals surface area contributed by atoms with Crippen molar-refractivity contribution in [3.63, 3.8) is 0 Å². The van der Waals surface area contributed by atoms with Crippen LogP contribution in [0.5, 0.6) is 0 Å². The number of isothiocyanates is 1. The Kier molecular flexibility index (Phi) is 8.60. The third-order valence-corrected chi connectivity index (χ3v) is 7.98. The summed E-state index contributed by atoms with van der Waals surface area (Å²) in [6.45, 7) is 1.25. The first-order valence-electron chi connectivity index (χ1n) is 11.1. The Hall–Kier alpha value is -2.73. The van der Waals surface area contributed by atoms with Gasteiger partial charge in [-0.15, -0.1) is 0 Å². The first-order chi connectivity index (χ1) is 16.9. The number of hydrogen-bond donors (Lipinski definition) is 3. The molecule has 1 amide bonds. The maximum atomic E-state index is 12.3. The van der Waals surface area contributed by atoms with Crippen molar-refractivity contribution in [1.82, 2.24) is 0 Å². The highest BCUT2D eigenvalue weighted by Crippen LogP contribution is 2.40. The number of rotatable bonds is 7. The summed E-state index contributed by atoms with van der Waals surface area (Å²) in [7, 11) is -9.34. The van der Waals surface area contributed by atoms with Gasteiger partial charge in [0.25, 0.3) is 20.2 Å². The number of anilines is 1. The zero-order valence-corrected chi connectivity index (χ0v) is 21.9. The standard InChI is InChI=1S/C24H26N2O7S3/c1-17(27)26-21-11-9-19(23(15-21)36(31,32)33)7-6-18-8-10-20(14-22(18)35(28,29)30)24(25-16-34)12-4-2-3-5-13-24/h6-11,14-15H,2-5,12-13H2,1H3,(H,26,27)(H,28,29,30)(H,31,32,33)/b7-6+. The third-order valence-electron chi connectivity index (χ3n) is 6.07. The first-order valence-corrected chi connectivity index (χ1v) is 14.4. The Morgan fingerprint density at radius 2 is 1.47 bits per heavy atom. The average molecular weight is 551 g/mol. The number of thiocarbonyl (C=S) groups is 1. The minimum absolute atomic E-state index is 0.0440. The van der Waals surface area contributed by atoms with Gasteiger partial charge in [0, 0.05) is 12.6 Å². The number of aliphatic imine (C=N–C) groups is 1. The molecule has 3 N–H and O–H groups in total. The summed E-state index contributed by atoms with van der Waals surface area (Å²) in [6, 6.07) is 8.43. The topological polar surface area (TPSA) is 150 Å². The largest absolute Gasteiger partial charge is 0.326 e. The number of benzene rings is 2. The molecule has 0 bridgehead atoms. The summed E-state index contributed by atoms with van der Waals surface area (Å²) < 4.78 is 68.0. The lowest BCUT2D eigenvalue weighted by atomic mass is 9.83. The van der Waals surface area contributed by atoms with Crippen molar-refractivity contribution in [3.05, 3.63) is 53.1 Å². The minimum atomic E-state index is -4.67. The molecule has 0 heterocycles. The average Bonchev–Trinajstić information content (AvgIpc) is 3.03. The minimum Gasteiger partial charge on any atom is -0.326 e. The van der Waals surface area contributed by atoms with Gasteiger partial charge in [-0.05, 0) is 59.9 Å². The SMILES string of the molecule is CC(=O)Nc1ccc(/C=C/c2ccc(C3(N=C=S)CCCCCC3)cc2S(=O)(=O)O)c(S(=O)(=O)O)c1. The van der Waals surface area contributed by atoms with Crippen LogP contribution in [-0.4, -0.2) is 37.0 Å². The van der Waals surface area contributed by atoms with E-state index in [1.165, 1.54) is 43.3 Å². The Bertz CT molecular complexity index is 1450. The first kappa shape index (κ1) is 27.9. The van der Waals surface area contributed by atoms with Crippen molar-refractivity contribution in [3.8, 4) is 0 Å². The molecule has 3 rings (SSSR count). The van der Waals surface area contributed by atoms with Crippen LogP contribution in [0.3, 0.4) is 0 Å². The van der Waals surface area contributed by atoms with Crippen LogP contribution in [0.4, 0.5) is 5.69 Å². The number of carbonyl (C=O) groups is 1. The van der Waals surface area contributed by atoms with Gasteiger partial charge in [0.2, 0.25) is 5.91 Å². The number of amides is 1. The smallest absolute Gasteiger partial charge is 0.295 e. The number of hydrogen-bond acceptors (Lipinski definition) is 7. The van der Waals surface area contributed by atoms with Crippen molar-refractivity contribution in [2.75, 3.05) is 5.32 Å². The Morgan fingerprint density at radius 3 is 1.97 bits per heavy atom. The predicted octanol–water partition coefficient (Wildman–Crippen LogP) is 4.96. The predicted molar refractivity (Wildman–Crippen MR) is 140 cm³/mol. The van der Waals surface area contributed by atoms with E-state index < -0.39 is 36.6 Å². The van der Waals surface area contributed by atoms with Crippen LogP contribution in [0.15, 0.2) is 51.2 Å². The second kappa shape index (κ2) is 11.1. The molecule has 0 unspecified atom stereocenters. The van der Waals surface area contributed by atoms with Gasteiger partial charge >= 0.3 is 0 Å². The lowest BCUT2D eigenvalue weighted by molar-refractivity contribution is -0.114. The highest BCUT2D eigenvalue weighted by atomic mass is 32.2. The highest BCUT2D eigenvalue weighted by molar-refractivity contribution is 7.86. The molecule has 0 saturated heterocycles. The van der Waals surface area contributed by atoms with E-state index in [0.29, 0.717) is 18.4 Å². The molecule has 0 aliphatic heterocycles. The third kappa shape index (κ3) is 6.73. The van der Waals surface area contributed by atoms with Crippen LogP contribution in [0.2, 0.25) is 0 Å². The molecule has 1 saturated carbocycles. The molecule has 2 aromatic rings. The zero-order chi connectivity index (χ0) is 26.6. The van der Waals surface area contributed by atoms with E-state index in [9.17, 15) is 30.7 Å². The number of carbonyl (C=O) groups excluding carboxylic acids is 1. The molecule has 12 heteroatoms. The van der Waals surface area contributed by atoms with Crippen molar-refractivity contribution in [2.24, 2.45) is 4.99 Å². The molecular formula is C24H26N2O7S3. The van der Waals surface area contributed by atoms with Crippen LogP contribution >= 0.6 is 12.2 Å². The fourth-order valence-corrected chi connectivity index (χ4v) is 6.00. The molecule has 0 spiro atoms. The van der Waals surface area contributed by atoms with E-state index in [4.69, 9.17) is 12.2 Å². The van der Waals surface area contributed by atoms with E-state index in [2.05, 4.69) is 15.5 Å². The van der Waals surface area contributed by atoms with Crippen molar-refractivity contribution in [2.45, 2.75) is 60.8 Å². The summed E-state index contributed by atoms with van der Waals surface area (Å²) in [4.78, 5) is 14.8. The van der Waals surface area contributed by atoms with Crippen molar-refractivity contribution in [1.29, 1.82) is 0 Å². The van der Waals surface area contributed by atoms with Crippen LogP contribution in [0, 0.1) is 0 Å². The van der Waals surface area contributed by atoms with E-state index in [0.717, 1.165) is 31.7 Å². The van der Waals surface area contributed by atoms with Crippen LogP contribution in [0.1, 0.15) is 62.1 Å². The molecule has 36 heavy (non-hydrogen) atoms. The van der Waals surface area contributed by atoms with E-state index in [1.54, 1.807) is 6.07 Å². The van der Waals surface area contributed by atoms with Crippen LogP contribution < -0.4 is 5.32 Å². The van der Waals surface area contributed by atoms with Crippen molar-refractivity contribution >= 4 is 61.4 Å². The molecule has 9 nitrogen and oxygen atoms in total. The van der Waals surface area contributed by atoms with Gasteiger partial charge in [-0.3, -0.25) is 13.9 Å². The summed E-state index contributed by atoms with van der Waals surface area (Å²) in [6.07, 6.45) is 7.75. The Morgan fingerprint density at radius 1 is 0.944 bits per heavy atom. The van der Waals surface area contributed by atoms with E-state index >= 15 is 0 Å². The Balaban J connectivity index is 2.11. The summed E-state index contributed by atoms with van der Waals surface area (Å²) in [5, 5.41) is 4.87. The normalized spacial score (nSPS) is 16.2. The van der Waals surface area contributed by atoms with Crippen molar-refractivity contribution < 1.29 is 30.7 Å². The second-order valence-corrected chi connectivity index (χ2v) is 11.6. The quantitative estimate of drug-likeness (QED) is 0.144. The molecule has 0 radical (unpaired) electrons. The number of nitrogens with zero attached hydrogens (tertiary/aromatic N) is 1. The zero-order valence-electron chi connectivity index (χ0n) is 19.5. The molecule has 192 valence electrons. The molecular weight excluding hydrogens is 524 g/mol. The molecule has 0 aromatic heterocycles. The van der Waals surface area contributed by atoms with Gasteiger partial charge < -0.3 is 5.32 Å². The molecule has 2 aromatic carbocycles. The summed E-state index contributed by atoms with van der Waals surface area (Å²) in [5.74, 6) is -0.429. The second-order valence-electron chi connectivity index (χ2n) is 8.62. The lowest BCUT2D eigenvalue weighted by Gasteiger charge is -2.28. The van der Waals surface area contributed by atoms with E-state index in [-0.39, 0.29) is 21.7 Å². The lowest BCUT2D eigenvalue weighted by Crippen LogP contribution is -2.23. The fraction of sp³-hybridized carbons (Fsp3) is 0.333. The van der Waals surface area contributed by atoms with Gasteiger partial charge in [-0.1, -0.05) is 56.0 Å². The Labute approximate surface area is 215 Å². The van der Waals surface area contributed by atoms with Gasteiger partial charge in [0.1, 0.15) is 9.79 Å². The monoisotopic (exact) mass is 550 g/mol. The maximum Gasteiger partial charge on any atom is 0.295 e. The highest BCUT2D eigenvalue weighted by Gasteiger charge is 2.33. The summed E-state index contributed by atoms with van der Waals surface area (Å²) >= 11 is 4.86.